The van der Waals surface area contributed by atoms with Crippen LogP contribution in [0.5, 0.6) is 0 Å². The highest BCUT2D eigenvalue weighted by molar-refractivity contribution is 7.11. The zero-order valence-electron chi connectivity index (χ0n) is 7.59. The van der Waals surface area contributed by atoms with Gasteiger partial charge in [0.25, 0.3) is 0 Å². The maximum absolute atomic E-state index is 5.78. The fraction of sp³-hybridized carbons (Fsp3) is 0.500. The Morgan fingerprint density at radius 3 is 2.77 bits per heavy atom. The van der Waals surface area contributed by atoms with E-state index in [1.54, 1.807) is 11.3 Å². The first-order valence-corrected chi connectivity index (χ1v) is 5.83. The zero-order valence-corrected chi connectivity index (χ0v) is 9.16. The van der Waals surface area contributed by atoms with E-state index in [1.807, 2.05) is 0 Å². The van der Waals surface area contributed by atoms with E-state index in [0.29, 0.717) is 11.8 Å². The van der Waals surface area contributed by atoms with E-state index in [9.17, 15) is 0 Å². The molecular weight excluding hydrogens is 202 g/mol. The SMILES string of the molecule is Cc1sc(C2CC=CC2)nc1CCl. The number of hydrogen-bond acceptors (Lipinski definition) is 2. The number of aromatic nitrogens is 1. The molecule has 0 bridgehead atoms. The molecule has 1 nitrogen and oxygen atoms in total. The second-order valence-electron chi connectivity index (χ2n) is 3.33. The molecule has 3 heteroatoms. The fourth-order valence-electron chi connectivity index (χ4n) is 1.57. The fourth-order valence-corrected chi connectivity index (χ4v) is 2.97. The van der Waals surface area contributed by atoms with Crippen molar-refractivity contribution in [2.45, 2.75) is 31.6 Å². The molecule has 0 unspecified atom stereocenters. The van der Waals surface area contributed by atoms with Crippen molar-refractivity contribution in [1.82, 2.24) is 4.98 Å². The highest BCUT2D eigenvalue weighted by Crippen LogP contribution is 2.33. The van der Waals surface area contributed by atoms with Crippen LogP contribution in [0.4, 0.5) is 0 Å². The third-order valence-corrected chi connectivity index (χ3v) is 3.82. The number of halogens is 1. The lowest BCUT2D eigenvalue weighted by molar-refractivity contribution is 0.742. The predicted octanol–water partition coefficient (Wildman–Crippen LogP) is 3.62. The number of nitrogens with zero attached hydrogens (tertiary/aromatic N) is 1. The van der Waals surface area contributed by atoms with Gasteiger partial charge in [0, 0.05) is 10.8 Å². The van der Waals surface area contributed by atoms with Crippen molar-refractivity contribution in [3.63, 3.8) is 0 Å². The van der Waals surface area contributed by atoms with Gasteiger partial charge in [0.1, 0.15) is 0 Å². The predicted molar refractivity (Wildman–Crippen MR) is 57.5 cm³/mol. The van der Waals surface area contributed by atoms with E-state index in [2.05, 4.69) is 24.1 Å². The summed E-state index contributed by atoms with van der Waals surface area (Å²) in [7, 11) is 0. The summed E-state index contributed by atoms with van der Waals surface area (Å²) in [6, 6.07) is 0. The van der Waals surface area contributed by atoms with Gasteiger partial charge in [-0.05, 0) is 19.8 Å². The molecule has 0 aliphatic heterocycles. The molecular formula is C10H12ClNS. The summed E-state index contributed by atoms with van der Waals surface area (Å²) in [5, 5.41) is 1.26. The number of thiazole rings is 1. The molecule has 0 spiro atoms. The van der Waals surface area contributed by atoms with Gasteiger partial charge in [0.2, 0.25) is 0 Å². The van der Waals surface area contributed by atoms with Gasteiger partial charge in [0.05, 0.1) is 16.6 Å². The molecule has 13 heavy (non-hydrogen) atoms. The van der Waals surface area contributed by atoms with E-state index in [-0.39, 0.29) is 0 Å². The molecule has 0 atom stereocenters. The number of rotatable bonds is 2. The van der Waals surface area contributed by atoms with E-state index in [4.69, 9.17) is 11.6 Å². The number of alkyl halides is 1. The molecule has 0 aromatic carbocycles. The van der Waals surface area contributed by atoms with Crippen LogP contribution in [-0.2, 0) is 5.88 Å². The maximum atomic E-state index is 5.78. The molecule has 0 amide bonds. The Morgan fingerprint density at radius 2 is 2.23 bits per heavy atom. The van der Waals surface area contributed by atoms with Crippen LogP contribution >= 0.6 is 22.9 Å². The first-order chi connectivity index (χ1) is 6.31. The highest BCUT2D eigenvalue weighted by atomic mass is 35.5. The van der Waals surface area contributed by atoms with Gasteiger partial charge in [-0.2, -0.15) is 0 Å². The van der Waals surface area contributed by atoms with Crippen LogP contribution in [0.2, 0.25) is 0 Å². The minimum atomic E-state index is 0.544. The quantitative estimate of drug-likeness (QED) is 0.540. The first kappa shape index (κ1) is 9.22. The van der Waals surface area contributed by atoms with Gasteiger partial charge in [-0.25, -0.2) is 4.98 Å². The van der Waals surface area contributed by atoms with Crippen molar-refractivity contribution in [3.8, 4) is 0 Å². The number of allylic oxidation sites excluding steroid dienone is 2. The van der Waals surface area contributed by atoms with Gasteiger partial charge < -0.3 is 0 Å². The molecule has 0 N–H and O–H groups in total. The Bertz CT molecular complexity index is 322. The van der Waals surface area contributed by atoms with Gasteiger partial charge in [-0.1, -0.05) is 12.2 Å². The number of aryl methyl sites for hydroxylation is 1. The zero-order chi connectivity index (χ0) is 9.26. The Hall–Kier alpha value is -0.340. The summed E-state index contributed by atoms with van der Waals surface area (Å²) in [6.45, 7) is 2.10. The number of hydrogen-bond donors (Lipinski definition) is 0. The molecule has 2 rings (SSSR count). The van der Waals surface area contributed by atoms with Crippen LogP contribution < -0.4 is 0 Å². The molecule has 1 heterocycles. The molecule has 0 fully saturated rings. The standard InChI is InChI=1S/C10H12ClNS/c1-7-9(6-11)12-10(13-7)8-4-2-3-5-8/h2-3,8H,4-6H2,1H3. The van der Waals surface area contributed by atoms with Gasteiger partial charge in [0.15, 0.2) is 0 Å². The van der Waals surface area contributed by atoms with Crippen molar-refractivity contribution < 1.29 is 0 Å². The molecule has 1 aliphatic rings. The summed E-state index contributed by atoms with van der Waals surface area (Å²) in [6.07, 6.45) is 6.77. The van der Waals surface area contributed by atoms with E-state index < -0.39 is 0 Å². The summed E-state index contributed by atoms with van der Waals surface area (Å²) < 4.78 is 0. The molecule has 0 saturated heterocycles. The maximum Gasteiger partial charge on any atom is 0.0968 e. The monoisotopic (exact) mass is 213 g/mol. The van der Waals surface area contributed by atoms with E-state index >= 15 is 0 Å². The largest absolute Gasteiger partial charge is 0.244 e. The van der Waals surface area contributed by atoms with Crippen molar-refractivity contribution in [2.75, 3.05) is 0 Å². The minimum absolute atomic E-state index is 0.544. The normalized spacial score (nSPS) is 17.1. The smallest absolute Gasteiger partial charge is 0.0968 e. The molecule has 1 aliphatic carbocycles. The average Bonchev–Trinajstić information content (AvgIpc) is 2.71. The second-order valence-corrected chi connectivity index (χ2v) is 4.83. The lowest BCUT2D eigenvalue weighted by atomic mass is 10.1. The Kier molecular flexibility index (Phi) is 2.70. The van der Waals surface area contributed by atoms with Crippen molar-refractivity contribution in [1.29, 1.82) is 0 Å². The summed E-state index contributed by atoms with van der Waals surface area (Å²) in [4.78, 5) is 5.83. The summed E-state index contributed by atoms with van der Waals surface area (Å²) in [5.74, 6) is 1.17. The van der Waals surface area contributed by atoms with Gasteiger partial charge in [-0.15, -0.1) is 22.9 Å². The Morgan fingerprint density at radius 1 is 1.54 bits per heavy atom. The van der Waals surface area contributed by atoms with Crippen molar-refractivity contribution >= 4 is 22.9 Å². The highest BCUT2D eigenvalue weighted by Gasteiger charge is 2.17. The average molecular weight is 214 g/mol. The second kappa shape index (κ2) is 3.81. The molecule has 70 valence electrons. The van der Waals surface area contributed by atoms with Crippen molar-refractivity contribution in [3.05, 3.63) is 27.7 Å². The van der Waals surface area contributed by atoms with Crippen molar-refractivity contribution in [2.24, 2.45) is 0 Å². The van der Waals surface area contributed by atoms with Crippen LogP contribution in [0, 0.1) is 6.92 Å². The summed E-state index contributed by atoms with van der Waals surface area (Å²) in [5.41, 5.74) is 1.06. The lowest BCUT2D eigenvalue weighted by Gasteiger charge is -2.02. The third-order valence-electron chi connectivity index (χ3n) is 2.39. The summed E-state index contributed by atoms with van der Waals surface area (Å²) >= 11 is 7.58. The lowest BCUT2D eigenvalue weighted by Crippen LogP contribution is -1.91. The molecule has 0 radical (unpaired) electrons. The first-order valence-electron chi connectivity index (χ1n) is 4.48. The molecule has 0 saturated carbocycles. The van der Waals surface area contributed by atoms with Crippen LogP contribution in [-0.4, -0.2) is 4.98 Å². The van der Waals surface area contributed by atoms with E-state index in [0.717, 1.165) is 18.5 Å². The topological polar surface area (TPSA) is 12.9 Å². The van der Waals surface area contributed by atoms with Gasteiger partial charge >= 0.3 is 0 Å². The van der Waals surface area contributed by atoms with Crippen LogP contribution in [0.3, 0.4) is 0 Å². The minimum Gasteiger partial charge on any atom is -0.244 e. The van der Waals surface area contributed by atoms with E-state index in [1.165, 1.54) is 9.88 Å². The van der Waals surface area contributed by atoms with Crippen LogP contribution in [0.1, 0.15) is 34.3 Å². The Balaban J connectivity index is 2.21. The van der Waals surface area contributed by atoms with Crippen LogP contribution in [0.25, 0.3) is 0 Å². The van der Waals surface area contributed by atoms with Crippen LogP contribution in [0.15, 0.2) is 12.2 Å². The molecule has 1 aromatic heterocycles. The third kappa shape index (κ3) is 1.79. The van der Waals surface area contributed by atoms with Gasteiger partial charge in [-0.3, -0.25) is 0 Å². The Labute approximate surface area is 87.5 Å². The molecule has 1 aromatic rings.